The van der Waals surface area contributed by atoms with Gasteiger partial charge >= 0.3 is 12.3 Å². The van der Waals surface area contributed by atoms with Crippen LogP contribution < -0.4 is 5.32 Å². The summed E-state index contributed by atoms with van der Waals surface area (Å²) in [4.78, 5) is 11.3. The third kappa shape index (κ3) is 4.65. The molecule has 100 valence electrons. The van der Waals surface area contributed by atoms with Crippen LogP contribution in [0.3, 0.4) is 0 Å². The van der Waals surface area contributed by atoms with Crippen LogP contribution >= 0.6 is 0 Å². The first kappa shape index (κ1) is 14.3. The lowest BCUT2D eigenvalue weighted by atomic mass is 10.2. The van der Waals surface area contributed by atoms with Crippen molar-refractivity contribution in [3.8, 4) is 0 Å². The maximum Gasteiger partial charge on any atom is 0.416 e. The van der Waals surface area contributed by atoms with E-state index in [1.165, 1.54) is 12.1 Å². The van der Waals surface area contributed by atoms with Crippen molar-refractivity contribution >= 4 is 11.8 Å². The second kappa shape index (κ2) is 5.75. The summed E-state index contributed by atoms with van der Waals surface area (Å²) in [5.41, 5.74) is -0.761. The predicted molar refractivity (Wildman–Crippen MR) is 61.3 cm³/mol. The minimum Gasteiger partial charge on any atom is -0.449 e. The fraction of sp³-hybridized carbons (Fsp3) is 0.417. The number of rotatable bonds is 3. The van der Waals surface area contributed by atoms with Gasteiger partial charge in [0.25, 0.3) is 0 Å². The molecule has 1 amide bonds. The van der Waals surface area contributed by atoms with Gasteiger partial charge in [0.05, 0.1) is 12.2 Å². The molecule has 0 aliphatic heterocycles. The third-order valence-corrected chi connectivity index (χ3v) is 1.98. The molecule has 0 fully saturated rings. The molecule has 0 aromatic heterocycles. The monoisotopic (exact) mass is 261 g/mol. The number of halogens is 3. The highest BCUT2D eigenvalue weighted by atomic mass is 19.4. The molecule has 0 atom stereocenters. The van der Waals surface area contributed by atoms with Crippen LogP contribution in [0.5, 0.6) is 0 Å². The average Bonchev–Trinajstić information content (AvgIpc) is 2.25. The number of hydrogen-bond donors (Lipinski definition) is 1. The number of alkyl halides is 3. The summed E-state index contributed by atoms with van der Waals surface area (Å²) in [6, 6.07) is 4.38. The summed E-state index contributed by atoms with van der Waals surface area (Å²) in [7, 11) is 0. The average molecular weight is 261 g/mol. The van der Waals surface area contributed by atoms with Crippen LogP contribution in [0.25, 0.3) is 0 Å². The Balaban J connectivity index is 2.65. The molecule has 3 nitrogen and oxygen atoms in total. The first-order valence-corrected chi connectivity index (χ1v) is 5.40. The first-order valence-electron chi connectivity index (χ1n) is 5.40. The number of carbonyl (C=O) groups excluding carboxylic acids is 1. The molecule has 0 unspecified atom stereocenters. The molecule has 0 spiro atoms. The summed E-state index contributed by atoms with van der Waals surface area (Å²) in [6.45, 7) is 3.93. The Bertz CT molecular complexity index is 416. The maximum absolute atomic E-state index is 12.4. The molecule has 1 N–H and O–H groups in total. The Labute approximate surface area is 103 Å². The van der Waals surface area contributed by atoms with Gasteiger partial charge in [-0.15, -0.1) is 0 Å². The summed E-state index contributed by atoms with van der Waals surface area (Å²) in [5, 5.41) is 2.25. The van der Waals surface area contributed by atoms with Crippen LogP contribution in [-0.2, 0) is 10.9 Å². The van der Waals surface area contributed by atoms with Gasteiger partial charge in [-0.25, -0.2) is 4.79 Å². The van der Waals surface area contributed by atoms with E-state index in [1.807, 2.05) is 13.8 Å². The topological polar surface area (TPSA) is 38.3 Å². The smallest absolute Gasteiger partial charge is 0.416 e. The second-order valence-electron chi connectivity index (χ2n) is 4.20. The molecule has 1 aromatic carbocycles. The van der Waals surface area contributed by atoms with Crippen molar-refractivity contribution in [3.05, 3.63) is 29.8 Å². The van der Waals surface area contributed by atoms with Gasteiger partial charge in [0.2, 0.25) is 0 Å². The van der Waals surface area contributed by atoms with Crippen LogP contribution in [0.4, 0.5) is 23.7 Å². The molecular weight excluding hydrogens is 247 g/mol. The molecule has 0 aliphatic carbocycles. The van der Waals surface area contributed by atoms with Crippen molar-refractivity contribution < 1.29 is 22.7 Å². The second-order valence-corrected chi connectivity index (χ2v) is 4.20. The normalized spacial score (nSPS) is 11.4. The summed E-state index contributed by atoms with van der Waals surface area (Å²) < 4.78 is 42.0. The Morgan fingerprint density at radius 2 is 2.06 bits per heavy atom. The van der Waals surface area contributed by atoms with Crippen LogP contribution in [0.2, 0.25) is 0 Å². The highest BCUT2D eigenvalue weighted by molar-refractivity contribution is 5.84. The number of benzene rings is 1. The Hall–Kier alpha value is -1.72. The van der Waals surface area contributed by atoms with Gasteiger partial charge in [0.1, 0.15) is 0 Å². The number of amides is 1. The van der Waals surface area contributed by atoms with E-state index in [4.69, 9.17) is 4.74 Å². The van der Waals surface area contributed by atoms with Crippen LogP contribution in [0.15, 0.2) is 24.3 Å². The number of nitrogens with one attached hydrogen (secondary N) is 1. The van der Waals surface area contributed by atoms with E-state index in [1.54, 1.807) is 0 Å². The van der Waals surface area contributed by atoms with E-state index < -0.39 is 17.8 Å². The predicted octanol–water partition coefficient (Wildman–Crippen LogP) is 3.91. The Morgan fingerprint density at radius 3 is 2.61 bits per heavy atom. The molecule has 0 bridgehead atoms. The first-order chi connectivity index (χ1) is 8.29. The van der Waals surface area contributed by atoms with Gasteiger partial charge in [0.15, 0.2) is 0 Å². The van der Waals surface area contributed by atoms with Gasteiger partial charge < -0.3 is 4.74 Å². The van der Waals surface area contributed by atoms with E-state index in [0.29, 0.717) is 0 Å². The van der Waals surface area contributed by atoms with Gasteiger partial charge in [-0.3, -0.25) is 5.32 Å². The van der Waals surface area contributed by atoms with Crippen LogP contribution in [0, 0.1) is 5.92 Å². The largest absolute Gasteiger partial charge is 0.449 e. The highest BCUT2D eigenvalue weighted by Crippen LogP contribution is 2.30. The fourth-order valence-corrected chi connectivity index (χ4v) is 1.17. The molecule has 1 aromatic rings. The molecule has 0 aliphatic rings. The lowest BCUT2D eigenvalue weighted by molar-refractivity contribution is -0.137. The number of ether oxygens (including phenoxy) is 1. The van der Waals surface area contributed by atoms with E-state index in [2.05, 4.69) is 5.32 Å². The van der Waals surface area contributed by atoms with Crippen molar-refractivity contribution in [3.63, 3.8) is 0 Å². The van der Waals surface area contributed by atoms with E-state index >= 15 is 0 Å². The summed E-state index contributed by atoms with van der Waals surface area (Å²) >= 11 is 0. The molecular formula is C12H14F3NO2. The van der Waals surface area contributed by atoms with Gasteiger partial charge in [-0.05, 0) is 24.1 Å². The van der Waals surface area contributed by atoms with E-state index in [9.17, 15) is 18.0 Å². The van der Waals surface area contributed by atoms with E-state index in [-0.39, 0.29) is 18.2 Å². The lowest BCUT2D eigenvalue weighted by Gasteiger charge is -2.11. The molecule has 6 heteroatoms. The van der Waals surface area contributed by atoms with Crippen molar-refractivity contribution in [1.29, 1.82) is 0 Å². The van der Waals surface area contributed by atoms with E-state index in [0.717, 1.165) is 12.1 Å². The van der Waals surface area contributed by atoms with Crippen molar-refractivity contribution in [2.24, 2.45) is 5.92 Å². The minimum absolute atomic E-state index is 0.0542. The zero-order valence-corrected chi connectivity index (χ0v) is 10.0. The molecule has 0 radical (unpaired) electrons. The lowest BCUT2D eigenvalue weighted by Crippen LogP contribution is -2.17. The highest BCUT2D eigenvalue weighted by Gasteiger charge is 2.30. The summed E-state index contributed by atoms with van der Waals surface area (Å²) in [6.07, 6.45) is -5.19. The molecule has 18 heavy (non-hydrogen) atoms. The molecule has 0 heterocycles. The number of anilines is 1. The van der Waals surface area contributed by atoms with Crippen molar-refractivity contribution in [2.45, 2.75) is 20.0 Å². The summed E-state index contributed by atoms with van der Waals surface area (Å²) in [5.74, 6) is 0.164. The van der Waals surface area contributed by atoms with Crippen LogP contribution in [0.1, 0.15) is 19.4 Å². The molecule has 0 saturated heterocycles. The van der Waals surface area contributed by atoms with Gasteiger partial charge in [0, 0.05) is 5.69 Å². The zero-order valence-electron chi connectivity index (χ0n) is 10.0. The van der Waals surface area contributed by atoms with Gasteiger partial charge in [-0.2, -0.15) is 13.2 Å². The number of carbonyl (C=O) groups is 1. The minimum atomic E-state index is -4.43. The quantitative estimate of drug-likeness (QED) is 0.895. The third-order valence-electron chi connectivity index (χ3n) is 1.98. The zero-order chi connectivity index (χ0) is 13.8. The van der Waals surface area contributed by atoms with Crippen molar-refractivity contribution in [2.75, 3.05) is 11.9 Å². The fourth-order valence-electron chi connectivity index (χ4n) is 1.17. The Kier molecular flexibility index (Phi) is 4.58. The van der Waals surface area contributed by atoms with Crippen molar-refractivity contribution in [1.82, 2.24) is 0 Å². The van der Waals surface area contributed by atoms with Crippen LogP contribution in [-0.4, -0.2) is 12.7 Å². The van der Waals surface area contributed by atoms with Gasteiger partial charge in [-0.1, -0.05) is 19.9 Å². The number of hydrogen-bond acceptors (Lipinski definition) is 2. The SMILES string of the molecule is CC(C)COC(=O)Nc1cccc(C(F)(F)F)c1. The molecule has 1 rings (SSSR count). The maximum atomic E-state index is 12.4. The molecule has 0 saturated carbocycles. The standard InChI is InChI=1S/C12H14F3NO2/c1-8(2)7-18-11(17)16-10-5-3-4-9(6-10)12(13,14)15/h3-6,8H,7H2,1-2H3,(H,16,17). The Morgan fingerprint density at radius 1 is 1.39 bits per heavy atom.